The van der Waals surface area contributed by atoms with Crippen LogP contribution in [0, 0.1) is 0 Å². The molecule has 0 fully saturated rings. The van der Waals surface area contributed by atoms with Crippen molar-refractivity contribution in [2.45, 2.75) is 65.2 Å². The van der Waals surface area contributed by atoms with Crippen LogP contribution in [0.25, 0.3) is 0 Å². The number of unbranched alkanes of at least 4 members (excludes halogenated alkanes) is 5. The lowest BCUT2D eigenvalue weighted by atomic mass is 10.0. The Morgan fingerprint density at radius 1 is 0.941 bits per heavy atom. The Morgan fingerprint density at radius 2 is 1.65 bits per heavy atom. The van der Waals surface area contributed by atoms with Gasteiger partial charge in [-0.1, -0.05) is 58.1 Å². The summed E-state index contributed by atoms with van der Waals surface area (Å²) in [5, 5.41) is 0. The van der Waals surface area contributed by atoms with E-state index in [1.165, 1.54) is 56.1 Å². The molecule has 1 aromatic rings. The van der Waals surface area contributed by atoms with Gasteiger partial charge in [-0.05, 0) is 36.5 Å². The summed E-state index contributed by atoms with van der Waals surface area (Å²) in [6.07, 6.45) is 10.4. The summed E-state index contributed by atoms with van der Waals surface area (Å²) in [5.74, 6) is 0. The van der Waals surface area contributed by atoms with Gasteiger partial charge in [0.2, 0.25) is 0 Å². The minimum atomic E-state index is 0.944. The second-order valence-corrected chi connectivity index (χ2v) is 4.90. The third kappa shape index (κ3) is 5.25. The fourth-order valence-corrected chi connectivity index (χ4v) is 2.23. The van der Waals surface area contributed by atoms with Crippen molar-refractivity contribution in [2.24, 2.45) is 0 Å². The summed E-state index contributed by atoms with van der Waals surface area (Å²) in [6.45, 7) is 4.43. The molecule has 0 radical (unpaired) electrons. The van der Waals surface area contributed by atoms with E-state index < -0.39 is 0 Å². The Bertz CT molecular complexity index is 317. The van der Waals surface area contributed by atoms with Crippen LogP contribution in [0.15, 0.2) is 18.2 Å². The predicted molar refractivity (Wildman–Crippen MR) is 77.3 cm³/mol. The molecule has 0 atom stereocenters. The zero-order valence-electron chi connectivity index (χ0n) is 11.5. The number of hydrogen-bond acceptors (Lipinski definition) is 1. The van der Waals surface area contributed by atoms with Gasteiger partial charge in [0.25, 0.3) is 0 Å². The standard InChI is InChI=1S/C16H27N/c1-3-5-6-7-8-9-10-14-11-12-16(17)15(4-2)13-14/h11-13H,3-10,17H2,1-2H3. The zero-order chi connectivity index (χ0) is 12.5. The van der Waals surface area contributed by atoms with Gasteiger partial charge in [-0.3, -0.25) is 0 Å². The highest BCUT2D eigenvalue weighted by molar-refractivity contribution is 5.48. The largest absolute Gasteiger partial charge is 0.399 e. The van der Waals surface area contributed by atoms with Gasteiger partial charge in [0, 0.05) is 5.69 Å². The van der Waals surface area contributed by atoms with Gasteiger partial charge in [0.05, 0.1) is 0 Å². The average molecular weight is 233 g/mol. The minimum absolute atomic E-state index is 0.944. The molecule has 0 aliphatic carbocycles. The highest BCUT2D eigenvalue weighted by Gasteiger charge is 1.99. The topological polar surface area (TPSA) is 26.0 Å². The van der Waals surface area contributed by atoms with Gasteiger partial charge < -0.3 is 5.73 Å². The molecule has 1 nitrogen and oxygen atoms in total. The number of nitrogens with two attached hydrogens (primary N) is 1. The molecule has 1 rings (SSSR count). The van der Waals surface area contributed by atoms with E-state index in [0.717, 1.165) is 12.1 Å². The highest BCUT2D eigenvalue weighted by Crippen LogP contribution is 2.17. The molecular weight excluding hydrogens is 206 g/mol. The molecule has 0 saturated heterocycles. The molecule has 1 heteroatoms. The summed E-state index contributed by atoms with van der Waals surface area (Å²) in [5.41, 5.74) is 9.60. The van der Waals surface area contributed by atoms with Crippen molar-refractivity contribution in [1.82, 2.24) is 0 Å². The fraction of sp³-hybridized carbons (Fsp3) is 0.625. The van der Waals surface area contributed by atoms with Crippen LogP contribution in [0.4, 0.5) is 5.69 Å². The molecular formula is C16H27N. The van der Waals surface area contributed by atoms with Gasteiger partial charge in [-0.2, -0.15) is 0 Å². The lowest BCUT2D eigenvalue weighted by Gasteiger charge is -2.07. The SMILES string of the molecule is CCCCCCCCc1ccc(N)c(CC)c1. The van der Waals surface area contributed by atoms with Crippen LogP contribution in [-0.2, 0) is 12.8 Å². The summed E-state index contributed by atoms with van der Waals surface area (Å²) in [4.78, 5) is 0. The molecule has 0 unspecified atom stereocenters. The van der Waals surface area contributed by atoms with Crippen LogP contribution in [0.1, 0.15) is 63.5 Å². The molecule has 0 aliphatic heterocycles. The summed E-state index contributed by atoms with van der Waals surface area (Å²) >= 11 is 0. The lowest BCUT2D eigenvalue weighted by Crippen LogP contribution is -1.95. The summed E-state index contributed by atoms with van der Waals surface area (Å²) in [7, 11) is 0. The third-order valence-corrected chi connectivity index (χ3v) is 3.41. The molecule has 96 valence electrons. The van der Waals surface area contributed by atoms with Gasteiger partial charge in [0.15, 0.2) is 0 Å². The molecule has 0 aliphatic rings. The van der Waals surface area contributed by atoms with E-state index in [-0.39, 0.29) is 0 Å². The molecule has 17 heavy (non-hydrogen) atoms. The minimum Gasteiger partial charge on any atom is -0.399 e. The molecule has 0 aromatic heterocycles. The lowest BCUT2D eigenvalue weighted by molar-refractivity contribution is 0.607. The smallest absolute Gasteiger partial charge is 0.0346 e. The van der Waals surface area contributed by atoms with Crippen LogP contribution >= 0.6 is 0 Å². The van der Waals surface area contributed by atoms with Crippen LogP contribution in [-0.4, -0.2) is 0 Å². The van der Waals surface area contributed by atoms with Gasteiger partial charge in [-0.15, -0.1) is 0 Å². The number of benzene rings is 1. The molecule has 0 amide bonds. The second-order valence-electron chi connectivity index (χ2n) is 4.90. The van der Waals surface area contributed by atoms with Gasteiger partial charge in [-0.25, -0.2) is 0 Å². The fourth-order valence-electron chi connectivity index (χ4n) is 2.23. The number of hydrogen-bond donors (Lipinski definition) is 1. The molecule has 0 saturated carbocycles. The van der Waals surface area contributed by atoms with Crippen molar-refractivity contribution in [3.05, 3.63) is 29.3 Å². The van der Waals surface area contributed by atoms with E-state index in [0.29, 0.717) is 0 Å². The third-order valence-electron chi connectivity index (χ3n) is 3.41. The molecule has 0 heterocycles. The number of aryl methyl sites for hydroxylation is 2. The maximum absolute atomic E-state index is 5.91. The molecule has 0 spiro atoms. The highest BCUT2D eigenvalue weighted by atomic mass is 14.6. The van der Waals surface area contributed by atoms with Crippen LogP contribution in [0.5, 0.6) is 0 Å². The summed E-state index contributed by atoms with van der Waals surface area (Å²) in [6, 6.07) is 6.52. The van der Waals surface area contributed by atoms with Crippen molar-refractivity contribution in [2.75, 3.05) is 5.73 Å². The first kappa shape index (κ1) is 14.1. The monoisotopic (exact) mass is 233 g/mol. The zero-order valence-corrected chi connectivity index (χ0v) is 11.5. The maximum atomic E-state index is 5.91. The Hall–Kier alpha value is -0.980. The summed E-state index contributed by atoms with van der Waals surface area (Å²) < 4.78 is 0. The quantitative estimate of drug-likeness (QED) is 0.509. The molecule has 1 aromatic carbocycles. The van der Waals surface area contributed by atoms with Crippen molar-refractivity contribution in [3.8, 4) is 0 Å². The van der Waals surface area contributed by atoms with E-state index >= 15 is 0 Å². The normalized spacial score (nSPS) is 10.7. The maximum Gasteiger partial charge on any atom is 0.0346 e. The Morgan fingerprint density at radius 3 is 2.35 bits per heavy atom. The first-order valence-electron chi connectivity index (χ1n) is 7.15. The first-order valence-corrected chi connectivity index (χ1v) is 7.15. The first-order chi connectivity index (χ1) is 8.27. The van der Waals surface area contributed by atoms with Crippen LogP contribution in [0.3, 0.4) is 0 Å². The van der Waals surface area contributed by atoms with Gasteiger partial charge in [0.1, 0.15) is 0 Å². The Labute approximate surface area is 106 Å². The molecule has 0 bridgehead atoms. The Kier molecular flexibility index (Phi) is 6.76. The van der Waals surface area contributed by atoms with Crippen molar-refractivity contribution in [3.63, 3.8) is 0 Å². The van der Waals surface area contributed by atoms with Crippen molar-refractivity contribution in [1.29, 1.82) is 0 Å². The number of rotatable bonds is 8. The van der Waals surface area contributed by atoms with Gasteiger partial charge >= 0.3 is 0 Å². The molecule has 2 N–H and O–H groups in total. The van der Waals surface area contributed by atoms with E-state index in [1.54, 1.807) is 0 Å². The average Bonchev–Trinajstić information content (AvgIpc) is 2.35. The van der Waals surface area contributed by atoms with Crippen molar-refractivity contribution >= 4 is 5.69 Å². The number of anilines is 1. The second kappa shape index (κ2) is 8.16. The predicted octanol–water partition coefficient (Wildman–Crippen LogP) is 4.73. The van der Waals surface area contributed by atoms with E-state index in [1.807, 2.05) is 0 Å². The van der Waals surface area contributed by atoms with E-state index in [4.69, 9.17) is 5.73 Å². The van der Waals surface area contributed by atoms with E-state index in [2.05, 4.69) is 32.0 Å². The van der Waals surface area contributed by atoms with E-state index in [9.17, 15) is 0 Å². The van der Waals surface area contributed by atoms with Crippen LogP contribution in [0.2, 0.25) is 0 Å². The van der Waals surface area contributed by atoms with Crippen molar-refractivity contribution < 1.29 is 0 Å². The number of nitrogen functional groups attached to an aromatic ring is 1. The Balaban J connectivity index is 2.27. The van der Waals surface area contributed by atoms with Crippen LogP contribution < -0.4 is 5.73 Å².